The van der Waals surface area contributed by atoms with Crippen molar-refractivity contribution in [3.05, 3.63) is 71.4 Å². The van der Waals surface area contributed by atoms with E-state index in [4.69, 9.17) is 0 Å². The smallest absolute Gasteiger partial charge is 0.400 e. The molecule has 0 saturated heterocycles. The van der Waals surface area contributed by atoms with Crippen LogP contribution in [0, 0.1) is 0 Å². The zero-order valence-corrected chi connectivity index (χ0v) is 15.6. The Labute approximate surface area is 158 Å². The van der Waals surface area contributed by atoms with Crippen molar-refractivity contribution in [2.75, 3.05) is 0 Å². The van der Waals surface area contributed by atoms with Crippen LogP contribution in [0.1, 0.15) is 39.5 Å². The van der Waals surface area contributed by atoms with Crippen molar-refractivity contribution in [1.29, 1.82) is 0 Å². The van der Waals surface area contributed by atoms with Gasteiger partial charge in [-0.15, -0.1) is 8.78 Å². The third-order valence-corrected chi connectivity index (χ3v) is 3.95. The van der Waals surface area contributed by atoms with Crippen molar-refractivity contribution in [3.8, 4) is 0 Å². The molecule has 0 spiro atoms. The van der Waals surface area contributed by atoms with Crippen LogP contribution in [0.25, 0.3) is 0 Å². The first-order valence-electron chi connectivity index (χ1n) is 8.64. The molecule has 27 heavy (non-hydrogen) atoms. The van der Waals surface area contributed by atoms with Gasteiger partial charge in [0, 0.05) is 24.6 Å². The molecule has 0 aromatic carbocycles. The second-order valence-electron chi connectivity index (χ2n) is 6.40. The van der Waals surface area contributed by atoms with Gasteiger partial charge in [-0.05, 0) is 38.3 Å². The molecule has 2 aliphatic rings. The maximum Gasteiger partial charge on any atom is 0.585 e. The zero-order chi connectivity index (χ0) is 20.0. The van der Waals surface area contributed by atoms with E-state index in [0.29, 0.717) is 18.4 Å². The van der Waals surface area contributed by atoms with E-state index in [2.05, 4.69) is 27.6 Å². The first-order valence-corrected chi connectivity index (χ1v) is 8.64. The lowest BCUT2D eigenvalue weighted by Gasteiger charge is -2.09. The number of alkyl halides is 2. The molecule has 6 heteroatoms. The molecule has 2 rings (SSSR count). The number of rotatable bonds is 8. The number of allylic oxidation sites excluding steroid dienone is 7. The van der Waals surface area contributed by atoms with Crippen molar-refractivity contribution < 1.29 is 23.0 Å². The van der Waals surface area contributed by atoms with Crippen LogP contribution in [0.15, 0.2) is 76.4 Å². The third kappa shape index (κ3) is 5.61. The predicted octanol–water partition coefficient (Wildman–Crippen LogP) is 5.53. The van der Waals surface area contributed by atoms with Crippen LogP contribution in [0.3, 0.4) is 0 Å². The molecule has 144 valence electrons. The van der Waals surface area contributed by atoms with Crippen LogP contribution in [0.4, 0.5) is 8.78 Å². The highest BCUT2D eigenvalue weighted by Gasteiger charge is 2.44. The number of nitrogens with zero attached hydrogens (tertiary/aromatic N) is 1. The van der Waals surface area contributed by atoms with E-state index in [0.717, 1.165) is 16.8 Å². The molecule has 0 aromatic heterocycles. The van der Waals surface area contributed by atoms with E-state index in [1.165, 1.54) is 6.08 Å². The van der Waals surface area contributed by atoms with Gasteiger partial charge in [0.2, 0.25) is 0 Å². The Hall–Kier alpha value is -2.76. The summed E-state index contributed by atoms with van der Waals surface area (Å²) in [7, 11) is 0. The standard InChI is InChI=1S/C21H23F2NO3/c1-5-12-24-20(14(2)3)15(4)8-6-10-17(25)16-9-7-11-18-19(13-16)27-21(22,23)26-18/h5,7,9,12-13H,1,4,6,8,10-11H2,2-3H3/b24-12-. The molecule has 0 amide bonds. The molecule has 1 heterocycles. The van der Waals surface area contributed by atoms with Crippen LogP contribution in [0.2, 0.25) is 0 Å². The van der Waals surface area contributed by atoms with E-state index < -0.39 is 6.29 Å². The van der Waals surface area contributed by atoms with Gasteiger partial charge in [0.15, 0.2) is 17.3 Å². The van der Waals surface area contributed by atoms with Crippen LogP contribution >= 0.6 is 0 Å². The molecular formula is C21H23F2NO3. The van der Waals surface area contributed by atoms with Gasteiger partial charge in [-0.25, -0.2) is 0 Å². The lowest BCUT2D eigenvalue weighted by Crippen LogP contribution is -2.16. The Morgan fingerprint density at radius 2 is 2.07 bits per heavy atom. The molecule has 0 saturated carbocycles. The maximum atomic E-state index is 13.2. The lowest BCUT2D eigenvalue weighted by atomic mass is 10.00. The highest BCUT2D eigenvalue weighted by atomic mass is 19.3. The first-order chi connectivity index (χ1) is 12.7. The minimum Gasteiger partial charge on any atom is -0.400 e. The van der Waals surface area contributed by atoms with Crippen molar-refractivity contribution in [1.82, 2.24) is 0 Å². The Kier molecular flexibility index (Phi) is 6.66. The van der Waals surface area contributed by atoms with Crippen LogP contribution in [-0.2, 0) is 14.3 Å². The zero-order valence-electron chi connectivity index (χ0n) is 15.6. The number of halogens is 2. The summed E-state index contributed by atoms with van der Waals surface area (Å²) < 4.78 is 35.2. The first kappa shape index (κ1) is 20.6. The molecule has 0 aromatic rings. The summed E-state index contributed by atoms with van der Waals surface area (Å²) in [6, 6.07) is 0. The Morgan fingerprint density at radius 1 is 1.33 bits per heavy atom. The molecule has 0 radical (unpaired) electrons. The van der Waals surface area contributed by atoms with Gasteiger partial charge in [0.25, 0.3) is 0 Å². The van der Waals surface area contributed by atoms with E-state index in [1.54, 1.807) is 24.4 Å². The fraction of sp³-hybridized carbons (Fsp3) is 0.333. The number of hydrogen-bond donors (Lipinski definition) is 0. The van der Waals surface area contributed by atoms with Crippen molar-refractivity contribution in [2.24, 2.45) is 4.99 Å². The van der Waals surface area contributed by atoms with E-state index >= 15 is 0 Å². The second kappa shape index (κ2) is 8.75. The average molecular weight is 375 g/mol. The lowest BCUT2D eigenvalue weighted by molar-refractivity contribution is -0.336. The average Bonchev–Trinajstić information content (AvgIpc) is 2.74. The van der Waals surface area contributed by atoms with E-state index in [9.17, 15) is 13.6 Å². The molecular weight excluding hydrogens is 352 g/mol. The SMILES string of the molecule is C=C/C=N\C(C(=C)CCCC(=O)C1=CC2=C(CC=C1)OC(F)(F)O2)=C(C)C. The summed E-state index contributed by atoms with van der Waals surface area (Å²) in [4.78, 5) is 16.8. The molecule has 1 aliphatic heterocycles. The predicted molar refractivity (Wildman–Crippen MR) is 101 cm³/mol. The van der Waals surface area contributed by atoms with Crippen molar-refractivity contribution >= 4 is 12.0 Å². The maximum absolute atomic E-state index is 13.2. The Balaban J connectivity index is 1.96. The Bertz CT molecular complexity index is 794. The normalized spacial score (nSPS) is 17.6. The van der Waals surface area contributed by atoms with Gasteiger partial charge >= 0.3 is 6.29 Å². The summed E-state index contributed by atoms with van der Waals surface area (Å²) in [5, 5.41) is 0. The second-order valence-corrected chi connectivity index (χ2v) is 6.40. The summed E-state index contributed by atoms with van der Waals surface area (Å²) >= 11 is 0. The molecule has 0 bridgehead atoms. The number of carbonyl (C=O) groups excluding carboxylic acids is 1. The fourth-order valence-corrected chi connectivity index (χ4v) is 2.73. The monoisotopic (exact) mass is 375 g/mol. The number of ether oxygens (including phenoxy) is 2. The molecule has 0 fully saturated rings. The number of hydrogen-bond acceptors (Lipinski definition) is 4. The molecule has 0 atom stereocenters. The van der Waals surface area contributed by atoms with Gasteiger partial charge < -0.3 is 9.47 Å². The largest absolute Gasteiger partial charge is 0.585 e. The van der Waals surface area contributed by atoms with Crippen LogP contribution in [-0.4, -0.2) is 18.3 Å². The number of carbonyl (C=O) groups is 1. The van der Waals surface area contributed by atoms with Gasteiger partial charge in [-0.1, -0.05) is 37.0 Å². The number of aliphatic imine (C=N–C) groups is 1. The minimum absolute atomic E-state index is 0.0284. The summed E-state index contributed by atoms with van der Waals surface area (Å²) in [5.41, 5.74) is 2.98. The van der Waals surface area contributed by atoms with Gasteiger partial charge in [0.05, 0.1) is 5.70 Å². The Morgan fingerprint density at radius 3 is 2.74 bits per heavy atom. The highest BCUT2D eigenvalue weighted by Crippen LogP contribution is 2.37. The summed E-state index contributed by atoms with van der Waals surface area (Å²) in [5.74, 6) is -0.219. The highest BCUT2D eigenvalue weighted by molar-refractivity contribution is 5.98. The van der Waals surface area contributed by atoms with E-state index in [-0.39, 0.29) is 30.1 Å². The fourth-order valence-electron chi connectivity index (χ4n) is 2.73. The molecule has 4 nitrogen and oxygen atoms in total. The molecule has 0 unspecified atom stereocenters. The van der Waals surface area contributed by atoms with Crippen molar-refractivity contribution in [3.63, 3.8) is 0 Å². The number of Topliss-reactive ketones (excluding diaryl/α,β-unsaturated/α-hetero) is 1. The third-order valence-electron chi connectivity index (χ3n) is 3.95. The van der Waals surface area contributed by atoms with Crippen molar-refractivity contribution in [2.45, 2.75) is 45.8 Å². The molecule has 1 aliphatic carbocycles. The van der Waals surface area contributed by atoms with Gasteiger partial charge in [-0.2, -0.15) is 0 Å². The van der Waals surface area contributed by atoms with Gasteiger partial charge in [-0.3, -0.25) is 9.79 Å². The summed E-state index contributed by atoms with van der Waals surface area (Å²) in [6.45, 7) is 11.5. The molecule has 0 N–H and O–H groups in total. The van der Waals surface area contributed by atoms with Crippen LogP contribution in [0.5, 0.6) is 0 Å². The quantitative estimate of drug-likeness (QED) is 0.414. The van der Waals surface area contributed by atoms with Gasteiger partial charge in [0.1, 0.15) is 0 Å². The number of ketones is 1. The van der Waals surface area contributed by atoms with E-state index in [1.807, 2.05) is 13.8 Å². The van der Waals surface area contributed by atoms with Crippen LogP contribution < -0.4 is 0 Å². The topological polar surface area (TPSA) is 47.9 Å². The minimum atomic E-state index is -3.68. The summed E-state index contributed by atoms with van der Waals surface area (Å²) in [6.07, 6.45) is 5.63.